The van der Waals surface area contributed by atoms with Crippen molar-refractivity contribution in [3.63, 3.8) is 0 Å². The van der Waals surface area contributed by atoms with Crippen molar-refractivity contribution in [1.29, 1.82) is 0 Å². The van der Waals surface area contributed by atoms with Gasteiger partial charge in [0.05, 0.1) is 24.9 Å². The van der Waals surface area contributed by atoms with E-state index in [0.717, 1.165) is 24.8 Å². The summed E-state index contributed by atoms with van der Waals surface area (Å²) in [4.78, 5) is 10.4. The number of aliphatic hydroxyl groups excluding tert-OH is 1. The Morgan fingerprint density at radius 3 is 2.77 bits per heavy atom. The van der Waals surface area contributed by atoms with Crippen LogP contribution < -0.4 is 0 Å². The van der Waals surface area contributed by atoms with Crippen molar-refractivity contribution in [3.05, 3.63) is 60.2 Å². The molecule has 0 saturated carbocycles. The van der Waals surface area contributed by atoms with Crippen molar-refractivity contribution in [3.8, 4) is 0 Å². The first-order valence-electron chi connectivity index (χ1n) is 9.16. The Labute approximate surface area is 153 Å². The van der Waals surface area contributed by atoms with E-state index in [0.29, 0.717) is 18.4 Å². The number of rotatable bonds is 9. The summed E-state index contributed by atoms with van der Waals surface area (Å²) in [6.45, 7) is 0.0332. The van der Waals surface area contributed by atoms with E-state index in [1.54, 1.807) is 0 Å². The highest BCUT2D eigenvalue weighted by Gasteiger charge is 2.46. The molecule has 2 saturated heterocycles. The van der Waals surface area contributed by atoms with Crippen LogP contribution in [0.4, 0.5) is 0 Å². The Kier molecular flexibility index (Phi) is 6.61. The lowest BCUT2D eigenvalue weighted by molar-refractivity contribution is -0.141. The summed E-state index contributed by atoms with van der Waals surface area (Å²) in [7, 11) is 0. The SMILES string of the molecule is O=C(O)COC/C=C\C[C@H]1[C@@H](/C=C/C(O)c2ccccc2)[C@H]2CC[C@@H]1O2. The van der Waals surface area contributed by atoms with E-state index in [9.17, 15) is 9.90 Å². The summed E-state index contributed by atoms with van der Waals surface area (Å²) >= 11 is 0. The maximum absolute atomic E-state index is 10.4. The van der Waals surface area contributed by atoms with Crippen LogP contribution in [0.1, 0.15) is 30.9 Å². The molecule has 140 valence electrons. The molecule has 0 aliphatic carbocycles. The van der Waals surface area contributed by atoms with Gasteiger partial charge < -0.3 is 19.7 Å². The molecule has 26 heavy (non-hydrogen) atoms. The highest BCUT2D eigenvalue weighted by molar-refractivity contribution is 5.67. The number of benzene rings is 1. The standard InChI is InChI=1S/C21H26O5/c22-18(15-6-2-1-3-7-15)10-9-17-16(19-11-12-20(17)26-19)8-4-5-13-25-14-21(23)24/h1-7,9-10,16-20,22H,8,11-14H2,(H,23,24)/b5-4-,10-9+/t16-,17+,18?,19-,20+/m0/s1. The largest absolute Gasteiger partial charge is 0.480 e. The first-order chi connectivity index (χ1) is 12.6. The lowest BCUT2D eigenvalue weighted by Crippen LogP contribution is -2.25. The fourth-order valence-electron chi connectivity index (χ4n) is 3.92. The minimum Gasteiger partial charge on any atom is -0.480 e. The molecule has 1 aromatic rings. The minimum atomic E-state index is -0.956. The Hall–Kier alpha value is -1.95. The van der Waals surface area contributed by atoms with E-state index in [2.05, 4.69) is 6.08 Å². The van der Waals surface area contributed by atoms with Gasteiger partial charge in [-0.15, -0.1) is 0 Å². The average Bonchev–Trinajstić information content (AvgIpc) is 3.24. The van der Waals surface area contributed by atoms with Gasteiger partial charge in [-0.2, -0.15) is 0 Å². The van der Waals surface area contributed by atoms with Gasteiger partial charge in [0.15, 0.2) is 0 Å². The Morgan fingerprint density at radius 1 is 1.23 bits per heavy atom. The number of carboxylic acids is 1. The van der Waals surface area contributed by atoms with Crippen molar-refractivity contribution in [2.45, 2.75) is 37.6 Å². The third kappa shape index (κ3) is 4.81. The number of aliphatic carboxylic acids is 1. The number of hydrogen-bond acceptors (Lipinski definition) is 4. The topological polar surface area (TPSA) is 76.0 Å². The van der Waals surface area contributed by atoms with Crippen LogP contribution in [0.25, 0.3) is 0 Å². The molecule has 2 bridgehead atoms. The summed E-state index contributed by atoms with van der Waals surface area (Å²) < 4.78 is 11.1. The summed E-state index contributed by atoms with van der Waals surface area (Å²) in [5.41, 5.74) is 0.889. The summed E-state index contributed by atoms with van der Waals surface area (Å²) in [5, 5.41) is 18.9. The number of carboxylic acid groups (broad SMARTS) is 1. The van der Waals surface area contributed by atoms with Gasteiger partial charge in [0.25, 0.3) is 0 Å². The fraction of sp³-hybridized carbons (Fsp3) is 0.476. The quantitative estimate of drug-likeness (QED) is 0.524. The zero-order chi connectivity index (χ0) is 18.4. The van der Waals surface area contributed by atoms with Crippen molar-refractivity contribution in [2.24, 2.45) is 11.8 Å². The normalized spacial score (nSPS) is 29.0. The van der Waals surface area contributed by atoms with Crippen LogP contribution in [0.3, 0.4) is 0 Å². The maximum Gasteiger partial charge on any atom is 0.329 e. The molecule has 0 spiro atoms. The molecular weight excluding hydrogens is 332 g/mol. The Balaban J connectivity index is 1.54. The first-order valence-corrected chi connectivity index (χ1v) is 9.16. The Bertz CT molecular complexity index is 639. The number of aliphatic hydroxyl groups is 1. The van der Waals surface area contributed by atoms with Crippen LogP contribution in [0, 0.1) is 11.8 Å². The molecule has 2 aliphatic heterocycles. The molecule has 1 unspecified atom stereocenters. The highest BCUT2D eigenvalue weighted by Crippen LogP contribution is 2.46. The lowest BCUT2D eigenvalue weighted by atomic mass is 9.77. The molecule has 0 aromatic heterocycles. The number of allylic oxidation sites excluding steroid dienone is 1. The van der Waals surface area contributed by atoms with E-state index in [1.165, 1.54) is 0 Å². The van der Waals surface area contributed by atoms with Gasteiger partial charge in [-0.05, 0) is 30.7 Å². The van der Waals surface area contributed by atoms with Gasteiger partial charge in [-0.1, -0.05) is 54.6 Å². The summed E-state index contributed by atoms with van der Waals surface area (Å²) in [6.07, 6.45) is 10.8. The zero-order valence-corrected chi connectivity index (χ0v) is 14.7. The van der Waals surface area contributed by atoms with E-state index in [-0.39, 0.29) is 18.8 Å². The van der Waals surface area contributed by atoms with Gasteiger partial charge in [-0.25, -0.2) is 4.79 Å². The molecule has 5 heteroatoms. The molecule has 0 radical (unpaired) electrons. The highest BCUT2D eigenvalue weighted by atomic mass is 16.5. The number of carbonyl (C=O) groups is 1. The number of ether oxygens (including phenoxy) is 2. The van der Waals surface area contributed by atoms with Gasteiger partial charge in [-0.3, -0.25) is 0 Å². The molecule has 2 aliphatic rings. The number of hydrogen-bond donors (Lipinski definition) is 2. The van der Waals surface area contributed by atoms with Crippen LogP contribution in [0.2, 0.25) is 0 Å². The molecule has 0 amide bonds. The number of fused-ring (bicyclic) bond motifs is 2. The predicted octanol–water partition coefficient (Wildman–Crippen LogP) is 3.12. The van der Waals surface area contributed by atoms with E-state index in [4.69, 9.17) is 14.6 Å². The molecule has 2 fully saturated rings. The molecule has 2 N–H and O–H groups in total. The monoisotopic (exact) mass is 358 g/mol. The molecule has 1 aromatic carbocycles. The third-order valence-electron chi connectivity index (χ3n) is 5.16. The van der Waals surface area contributed by atoms with Crippen LogP contribution >= 0.6 is 0 Å². The summed E-state index contributed by atoms with van der Waals surface area (Å²) in [5.74, 6) is -0.262. The molecular formula is C21H26O5. The molecule has 5 nitrogen and oxygen atoms in total. The van der Waals surface area contributed by atoms with E-state index >= 15 is 0 Å². The molecule has 5 atom stereocenters. The second kappa shape index (κ2) is 9.12. The minimum absolute atomic E-state index is 0.237. The van der Waals surface area contributed by atoms with Crippen molar-refractivity contribution in [2.75, 3.05) is 13.2 Å². The Morgan fingerprint density at radius 2 is 2.00 bits per heavy atom. The van der Waals surface area contributed by atoms with E-state index in [1.807, 2.05) is 48.6 Å². The second-order valence-electron chi connectivity index (χ2n) is 6.89. The summed E-state index contributed by atoms with van der Waals surface area (Å²) in [6, 6.07) is 9.62. The van der Waals surface area contributed by atoms with Crippen molar-refractivity contribution < 1.29 is 24.5 Å². The average molecular weight is 358 g/mol. The zero-order valence-electron chi connectivity index (χ0n) is 14.7. The van der Waals surface area contributed by atoms with Crippen molar-refractivity contribution >= 4 is 5.97 Å². The van der Waals surface area contributed by atoms with Crippen LogP contribution in [0.5, 0.6) is 0 Å². The van der Waals surface area contributed by atoms with Gasteiger partial charge >= 0.3 is 5.97 Å². The predicted molar refractivity (Wildman–Crippen MR) is 97.6 cm³/mol. The lowest BCUT2D eigenvalue weighted by Gasteiger charge is -2.25. The van der Waals surface area contributed by atoms with Crippen molar-refractivity contribution in [1.82, 2.24) is 0 Å². The molecule has 3 rings (SSSR count). The third-order valence-corrected chi connectivity index (χ3v) is 5.16. The first kappa shape index (κ1) is 18.8. The smallest absolute Gasteiger partial charge is 0.329 e. The van der Waals surface area contributed by atoms with Crippen LogP contribution in [0.15, 0.2) is 54.6 Å². The fourth-order valence-corrected chi connectivity index (χ4v) is 3.92. The maximum atomic E-state index is 10.4. The van der Waals surface area contributed by atoms with Crippen LogP contribution in [-0.2, 0) is 14.3 Å². The second-order valence-corrected chi connectivity index (χ2v) is 6.89. The van der Waals surface area contributed by atoms with Gasteiger partial charge in [0.1, 0.15) is 6.61 Å². The van der Waals surface area contributed by atoms with Gasteiger partial charge in [0.2, 0.25) is 0 Å². The molecule has 2 heterocycles. The van der Waals surface area contributed by atoms with Crippen LogP contribution in [-0.4, -0.2) is 41.6 Å². The van der Waals surface area contributed by atoms with Gasteiger partial charge in [0, 0.05) is 5.92 Å². The van der Waals surface area contributed by atoms with E-state index < -0.39 is 12.1 Å².